The molecule has 0 aliphatic carbocycles. The number of fused-ring (bicyclic) bond motifs is 1. The van der Waals surface area contributed by atoms with Crippen LogP contribution < -0.4 is 10.1 Å². The minimum atomic E-state index is -3.13. The molecule has 1 amide bonds. The van der Waals surface area contributed by atoms with Crippen LogP contribution >= 0.6 is 23.2 Å². The number of anilines is 1. The molecular formula is C16H9Cl2F2N3O4. The average Bonchev–Trinajstić information content (AvgIpc) is 3.04. The third-order valence-corrected chi connectivity index (χ3v) is 3.93. The van der Waals surface area contributed by atoms with E-state index in [1.165, 1.54) is 25.4 Å². The Balaban J connectivity index is 2.08. The highest BCUT2D eigenvalue weighted by atomic mass is 35.5. The molecule has 3 aromatic rings. The van der Waals surface area contributed by atoms with E-state index in [-0.39, 0.29) is 44.0 Å². The molecule has 140 valence electrons. The van der Waals surface area contributed by atoms with Crippen LogP contribution in [0.2, 0.25) is 10.0 Å². The summed E-state index contributed by atoms with van der Waals surface area (Å²) in [7, 11) is 0. The van der Waals surface area contributed by atoms with Gasteiger partial charge in [-0.05, 0) is 12.1 Å². The Morgan fingerprint density at radius 2 is 1.89 bits per heavy atom. The first kappa shape index (κ1) is 19.0. The van der Waals surface area contributed by atoms with E-state index in [0.29, 0.717) is 0 Å². The molecule has 2 heterocycles. The van der Waals surface area contributed by atoms with Gasteiger partial charge in [0, 0.05) is 19.3 Å². The average molecular weight is 416 g/mol. The molecule has 2 aromatic heterocycles. The molecule has 3 rings (SSSR count). The normalized spacial score (nSPS) is 11.0. The molecule has 1 aromatic carbocycles. The van der Waals surface area contributed by atoms with Crippen LogP contribution in [-0.4, -0.2) is 28.3 Å². The van der Waals surface area contributed by atoms with Gasteiger partial charge in [0.25, 0.3) is 11.8 Å². The fourth-order valence-corrected chi connectivity index (χ4v) is 2.67. The van der Waals surface area contributed by atoms with E-state index in [1.54, 1.807) is 0 Å². The van der Waals surface area contributed by atoms with E-state index in [2.05, 4.69) is 20.0 Å². The quantitative estimate of drug-likeness (QED) is 0.612. The molecule has 0 bridgehead atoms. The van der Waals surface area contributed by atoms with Crippen LogP contribution in [0.1, 0.15) is 28.0 Å². The lowest BCUT2D eigenvalue weighted by Gasteiger charge is -2.10. The van der Waals surface area contributed by atoms with Gasteiger partial charge < -0.3 is 14.5 Å². The largest absolute Gasteiger partial charge is 0.433 e. The molecule has 1 N–H and O–H groups in total. The van der Waals surface area contributed by atoms with E-state index in [1.807, 2.05) is 0 Å². The summed E-state index contributed by atoms with van der Waals surface area (Å²) in [5, 5.41) is 2.66. The van der Waals surface area contributed by atoms with Crippen molar-refractivity contribution in [1.82, 2.24) is 9.97 Å². The molecule has 0 spiro atoms. The summed E-state index contributed by atoms with van der Waals surface area (Å²) in [5.41, 5.74) is -0.376. The third-order valence-electron chi connectivity index (χ3n) is 3.36. The Hall–Kier alpha value is -2.78. The maximum absolute atomic E-state index is 12.6. The second-order valence-electron chi connectivity index (χ2n) is 5.17. The zero-order chi connectivity index (χ0) is 19.7. The van der Waals surface area contributed by atoms with Gasteiger partial charge >= 0.3 is 6.61 Å². The first-order valence-corrected chi connectivity index (χ1v) is 8.03. The van der Waals surface area contributed by atoms with Crippen LogP contribution in [0.4, 0.5) is 14.5 Å². The van der Waals surface area contributed by atoms with Crippen LogP contribution in [0.25, 0.3) is 11.1 Å². The molecule has 0 aliphatic heterocycles. The van der Waals surface area contributed by atoms with Gasteiger partial charge in [-0.15, -0.1) is 0 Å². The number of nitrogens with zero attached hydrogens (tertiary/aromatic N) is 2. The number of halogens is 4. The molecular weight excluding hydrogens is 407 g/mol. The summed E-state index contributed by atoms with van der Waals surface area (Å²) in [5.74, 6) is -1.97. The fraction of sp³-hybridized carbons (Fsp3) is 0.125. The summed E-state index contributed by atoms with van der Waals surface area (Å²) in [4.78, 5) is 31.8. The van der Waals surface area contributed by atoms with Crippen molar-refractivity contribution < 1.29 is 27.5 Å². The van der Waals surface area contributed by atoms with E-state index in [0.717, 1.165) is 6.07 Å². The molecule has 0 radical (unpaired) electrons. The van der Waals surface area contributed by atoms with Gasteiger partial charge in [-0.3, -0.25) is 14.6 Å². The zero-order valence-corrected chi connectivity index (χ0v) is 14.9. The Morgan fingerprint density at radius 3 is 2.48 bits per heavy atom. The number of carbonyl (C=O) groups excluding carboxylic acids is 2. The number of benzene rings is 1. The summed E-state index contributed by atoms with van der Waals surface area (Å²) in [6, 6.07) is 2.30. The number of ketones is 1. The van der Waals surface area contributed by atoms with Gasteiger partial charge in [-0.25, -0.2) is 4.98 Å². The zero-order valence-electron chi connectivity index (χ0n) is 13.4. The number of Topliss-reactive ketones (excluding diaryl/α,β-unsaturated/α-hetero) is 1. The molecule has 0 saturated carbocycles. The summed E-state index contributed by atoms with van der Waals surface area (Å²) >= 11 is 11.9. The van der Waals surface area contributed by atoms with Gasteiger partial charge in [0.2, 0.25) is 5.78 Å². The number of carbonyl (C=O) groups is 2. The predicted octanol–water partition coefficient (Wildman–Crippen LogP) is 4.59. The van der Waals surface area contributed by atoms with Crippen LogP contribution in [0.5, 0.6) is 5.75 Å². The lowest BCUT2D eigenvalue weighted by Crippen LogP contribution is -2.13. The van der Waals surface area contributed by atoms with Crippen molar-refractivity contribution in [2.24, 2.45) is 0 Å². The molecule has 11 heteroatoms. The van der Waals surface area contributed by atoms with Crippen molar-refractivity contribution in [3.63, 3.8) is 0 Å². The van der Waals surface area contributed by atoms with Crippen molar-refractivity contribution in [2.45, 2.75) is 13.5 Å². The molecule has 0 atom stereocenters. The van der Waals surface area contributed by atoms with Crippen molar-refractivity contribution in [1.29, 1.82) is 0 Å². The van der Waals surface area contributed by atoms with Gasteiger partial charge in [0.05, 0.1) is 21.3 Å². The van der Waals surface area contributed by atoms with Crippen molar-refractivity contribution in [3.8, 4) is 5.75 Å². The SMILES string of the molecule is CC(=O)c1nc2c(OC(F)F)ccc(C(=O)Nc3c(Cl)cncc3Cl)c2o1. The van der Waals surface area contributed by atoms with Crippen LogP contribution in [-0.2, 0) is 0 Å². The number of ether oxygens (including phenoxy) is 1. The fourth-order valence-electron chi connectivity index (χ4n) is 2.22. The van der Waals surface area contributed by atoms with Crippen LogP contribution in [0.3, 0.4) is 0 Å². The first-order valence-electron chi connectivity index (χ1n) is 7.27. The highest BCUT2D eigenvalue weighted by Gasteiger charge is 2.23. The number of hydrogen-bond acceptors (Lipinski definition) is 6. The van der Waals surface area contributed by atoms with Crippen molar-refractivity contribution >= 4 is 51.7 Å². The van der Waals surface area contributed by atoms with Crippen LogP contribution in [0.15, 0.2) is 28.9 Å². The Kier molecular flexibility index (Phi) is 5.24. The van der Waals surface area contributed by atoms with Gasteiger partial charge in [0.15, 0.2) is 16.8 Å². The molecule has 0 unspecified atom stereocenters. The smallest absolute Gasteiger partial charge is 0.387 e. The maximum atomic E-state index is 12.6. The summed E-state index contributed by atoms with van der Waals surface area (Å²) < 4.78 is 34.8. The monoisotopic (exact) mass is 415 g/mol. The standard InChI is InChI=1S/C16H9Cl2F2N3O4/c1-6(24)15-23-12-10(26-16(19)20)3-2-7(13(12)27-15)14(25)22-11-8(17)4-21-5-9(11)18/h2-5,16H,1H3,(H,21,22,25). The summed E-state index contributed by atoms with van der Waals surface area (Å²) in [6.07, 6.45) is 2.56. The van der Waals surface area contributed by atoms with E-state index >= 15 is 0 Å². The topological polar surface area (TPSA) is 94.3 Å². The highest BCUT2D eigenvalue weighted by Crippen LogP contribution is 2.33. The number of pyridine rings is 1. The Bertz CT molecular complexity index is 1040. The number of hydrogen-bond donors (Lipinski definition) is 1. The lowest BCUT2D eigenvalue weighted by atomic mass is 10.1. The summed E-state index contributed by atoms with van der Waals surface area (Å²) in [6.45, 7) is -1.95. The van der Waals surface area contributed by atoms with Gasteiger partial charge in [0.1, 0.15) is 0 Å². The van der Waals surface area contributed by atoms with Crippen molar-refractivity contribution in [3.05, 3.63) is 46.0 Å². The lowest BCUT2D eigenvalue weighted by molar-refractivity contribution is -0.0489. The molecule has 0 fully saturated rings. The van der Waals surface area contributed by atoms with Gasteiger partial charge in [-0.2, -0.15) is 8.78 Å². The second kappa shape index (κ2) is 7.45. The number of nitrogens with one attached hydrogen (secondary N) is 1. The Morgan fingerprint density at radius 1 is 1.22 bits per heavy atom. The van der Waals surface area contributed by atoms with E-state index in [9.17, 15) is 18.4 Å². The molecule has 0 aliphatic rings. The van der Waals surface area contributed by atoms with Crippen molar-refractivity contribution in [2.75, 3.05) is 5.32 Å². The number of amides is 1. The van der Waals surface area contributed by atoms with Gasteiger partial charge in [-0.1, -0.05) is 23.2 Å². The molecule has 27 heavy (non-hydrogen) atoms. The maximum Gasteiger partial charge on any atom is 0.387 e. The predicted molar refractivity (Wildman–Crippen MR) is 92.9 cm³/mol. The minimum Gasteiger partial charge on any atom is -0.433 e. The number of oxazole rings is 1. The third kappa shape index (κ3) is 3.83. The second-order valence-corrected chi connectivity index (χ2v) is 5.99. The number of aromatic nitrogens is 2. The molecule has 0 saturated heterocycles. The first-order chi connectivity index (χ1) is 12.8. The van der Waals surface area contributed by atoms with E-state index < -0.39 is 18.3 Å². The highest BCUT2D eigenvalue weighted by molar-refractivity contribution is 6.39. The Labute approximate surface area is 160 Å². The minimum absolute atomic E-state index is 0.0874. The number of rotatable bonds is 5. The molecule has 7 nitrogen and oxygen atoms in total. The van der Waals surface area contributed by atoms with E-state index in [4.69, 9.17) is 27.6 Å². The van der Waals surface area contributed by atoms with Crippen LogP contribution in [0, 0.1) is 0 Å². The number of alkyl halides is 2.